The van der Waals surface area contributed by atoms with E-state index in [-0.39, 0.29) is 5.66 Å². The van der Waals surface area contributed by atoms with Crippen LogP contribution in [0.15, 0.2) is 24.3 Å². The highest BCUT2D eigenvalue weighted by atomic mass is 16.5. The van der Waals surface area contributed by atoms with E-state index in [1.807, 2.05) is 12.1 Å². The summed E-state index contributed by atoms with van der Waals surface area (Å²) in [5.74, 6) is 0.899. The Labute approximate surface area is 110 Å². The van der Waals surface area contributed by atoms with Gasteiger partial charge in [0.25, 0.3) is 0 Å². The number of nitrogens with zero attached hydrogens (tertiary/aromatic N) is 1. The van der Waals surface area contributed by atoms with Crippen LogP contribution < -0.4 is 10.5 Å². The first-order valence-electron chi connectivity index (χ1n) is 6.79. The fourth-order valence-electron chi connectivity index (χ4n) is 2.67. The maximum atomic E-state index is 6.49. The number of piperidine rings is 1. The highest BCUT2D eigenvalue weighted by molar-refractivity contribution is 5.28. The summed E-state index contributed by atoms with van der Waals surface area (Å²) in [6, 6.07) is 8.21. The van der Waals surface area contributed by atoms with Crippen molar-refractivity contribution in [2.45, 2.75) is 38.3 Å². The van der Waals surface area contributed by atoms with Gasteiger partial charge < -0.3 is 10.5 Å². The van der Waals surface area contributed by atoms with Crippen LogP contribution in [0.3, 0.4) is 0 Å². The molecule has 0 aromatic heterocycles. The van der Waals surface area contributed by atoms with Gasteiger partial charge in [-0.25, -0.2) is 0 Å². The lowest BCUT2D eigenvalue weighted by atomic mass is 9.97. The van der Waals surface area contributed by atoms with Gasteiger partial charge in [-0.15, -0.1) is 0 Å². The number of rotatable bonds is 4. The fourth-order valence-corrected chi connectivity index (χ4v) is 2.67. The number of ether oxygens (including phenoxy) is 1. The van der Waals surface area contributed by atoms with E-state index in [9.17, 15) is 0 Å². The summed E-state index contributed by atoms with van der Waals surface area (Å²) < 4.78 is 5.17. The molecule has 1 aromatic rings. The number of hydrogen-bond acceptors (Lipinski definition) is 3. The van der Waals surface area contributed by atoms with E-state index in [0.29, 0.717) is 0 Å². The standard InChI is InChI=1S/C15H24N2O/c1-15(16,17-10-4-3-5-11-17)12-13-6-8-14(18-2)9-7-13/h6-9H,3-5,10-12,16H2,1-2H3. The first-order chi connectivity index (χ1) is 8.62. The van der Waals surface area contributed by atoms with Crippen LogP contribution in [0.25, 0.3) is 0 Å². The van der Waals surface area contributed by atoms with E-state index in [4.69, 9.17) is 10.5 Å². The highest BCUT2D eigenvalue weighted by Gasteiger charge is 2.28. The van der Waals surface area contributed by atoms with Gasteiger partial charge in [0, 0.05) is 6.42 Å². The van der Waals surface area contributed by atoms with E-state index in [1.165, 1.54) is 24.8 Å². The first kappa shape index (κ1) is 13.4. The molecule has 0 aliphatic carbocycles. The minimum atomic E-state index is -0.241. The normalized spacial score (nSPS) is 20.4. The van der Waals surface area contributed by atoms with Crippen LogP contribution in [0.4, 0.5) is 0 Å². The van der Waals surface area contributed by atoms with Crippen molar-refractivity contribution in [1.29, 1.82) is 0 Å². The van der Waals surface area contributed by atoms with Crippen molar-refractivity contribution in [3.63, 3.8) is 0 Å². The third kappa shape index (κ3) is 3.24. The average molecular weight is 248 g/mol. The third-order valence-electron chi connectivity index (χ3n) is 3.80. The molecular weight excluding hydrogens is 224 g/mol. The fraction of sp³-hybridized carbons (Fsp3) is 0.600. The molecule has 1 aliphatic rings. The summed E-state index contributed by atoms with van der Waals surface area (Å²) in [4.78, 5) is 2.42. The van der Waals surface area contributed by atoms with Gasteiger partial charge in [-0.3, -0.25) is 4.90 Å². The Morgan fingerprint density at radius 1 is 1.17 bits per heavy atom. The monoisotopic (exact) mass is 248 g/mol. The van der Waals surface area contributed by atoms with Crippen molar-refractivity contribution < 1.29 is 4.74 Å². The Hall–Kier alpha value is -1.06. The van der Waals surface area contributed by atoms with Crippen molar-refractivity contribution in [3.05, 3.63) is 29.8 Å². The largest absolute Gasteiger partial charge is 0.497 e. The van der Waals surface area contributed by atoms with Gasteiger partial charge in [-0.2, -0.15) is 0 Å². The van der Waals surface area contributed by atoms with Crippen LogP contribution in [-0.2, 0) is 6.42 Å². The maximum absolute atomic E-state index is 6.49. The third-order valence-corrected chi connectivity index (χ3v) is 3.80. The van der Waals surface area contributed by atoms with E-state index in [0.717, 1.165) is 25.3 Å². The van der Waals surface area contributed by atoms with Gasteiger partial charge in [-0.05, 0) is 50.6 Å². The lowest BCUT2D eigenvalue weighted by Gasteiger charge is -2.40. The molecule has 1 saturated heterocycles. The second-order valence-corrected chi connectivity index (χ2v) is 5.43. The molecule has 0 spiro atoms. The molecule has 2 N–H and O–H groups in total. The average Bonchev–Trinajstić information content (AvgIpc) is 2.40. The summed E-state index contributed by atoms with van der Waals surface area (Å²) in [6.45, 7) is 4.40. The van der Waals surface area contributed by atoms with Crippen molar-refractivity contribution >= 4 is 0 Å². The molecule has 1 unspecified atom stereocenters. The maximum Gasteiger partial charge on any atom is 0.118 e. The summed E-state index contributed by atoms with van der Waals surface area (Å²) in [5, 5.41) is 0. The molecule has 1 heterocycles. The van der Waals surface area contributed by atoms with E-state index >= 15 is 0 Å². The van der Waals surface area contributed by atoms with Crippen molar-refractivity contribution in [3.8, 4) is 5.75 Å². The first-order valence-corrected chi connectivity index (χ1v) is 6.79. The lowest BCUT2D eigenvalue weighted by molar-refractivity contribution is 0.0856. The van der Waals surface area contributed by atoms with Gasteiger partial charge in [0.05, 0.1) is 12.8 Å². The van der Waals surface area contributed by atoms with Crippen LogP contribution in [0, 0.1) is 0 Å². The second-order valence-electron chi connectivity index (χ2n) is 5.43. The molecule has 1 aromatic carbocycles. The Kier molecular flexibility index (Phi) is 4.25. The minimum absolute atomic E-state index is 0.241. The quantitative estimate of drug-likeness (QED) is 0.889. The summed E-state index contributed by atoms with van der Waals surface area (Å²) in [7, 11) is 1.69. The van der Waals surface area contributed by atoms with Crippen LogP contribution >= 0.6 is 0 Å². The Morgan fingerprint density at radius 2 is 1.78 bits per heavy atom. The van der Waals surface area contributed by atoms with Gasteiger partial charge >= 0.3 is 0 Å². The molecule has 0 bridgehead atoms. The number of benzene rings is 1. The predicted molar refractivity (Wildman–Crippen MR) is 74.7 cm³/mol. The van der Waals surface area contributed by atoms with E-state index < -0.39 is 0 Å². The number of methoxy groups -OCH3 is 1. The summed E-state index contributed by atoms with van der Waals surface area (Å²) in [6.07, 6.45) is 4.77. The Bertz CT molecular complexity index is 367. The van der Waals surface area contributed by atoms with Crippen LogP contribution in [0.5, 0.6) is 5.75 Å². The molecule has 1 fully saturated rings. The molecule has 1 aliphatic heterocycles. The van der Waals surface area contributed by atoms with E-state index in [1.54, 1.807) is 7.11 Å². The van der Waals surface area contributed by atoms with E-state index in [2.05, 4.69) is 24.0 Å². The number of nitrogens with two attached hydrogens (primary N) is 1. The SMILES string of the molecule is COc1ccc(CC(C)(N)N2CCCCC2)cc1. The predicted octanol–water partition coefficient (Wildman–Crippen LogP) is 2.40. The molecule has 0 amide bonds. The zero-order valence-corrected chi connectivity index (χ0v) is 11.5. The van der Waals surface area contributed by atoms with Crippen LogP contribution in [0.2, 0.25) is 0 Å². The molecule has 3 nitrogen and oxygen atoms in total. The molecule has 0 radical (unpaired) electrons. The van der Waals surface area contributed by atoms with Gasteiger partial charge in [0.15, 0.2) is 0 Å². The summed E-state index contributed by atoms with van der Waals surface area (Å²) >= 11 is 0. The molecule has 1 atom stereocenters. The topological polar surface area (TPSA) is 38.5 Å². The zero-order valence-electron chi connectivity index (χ0n) is 11.5. The molecule has 100 valence electrons. The van der Waals surface area contributed by atoms with Crippen LogP contribution in [0.1, 0.15) is 31.7 Å². The second kappa shape index (κ2) is 5.72. The van der Waals surface area contributed by atoms with Crippen molar-refractivity contribution in [2.75, 3.05) is 20.2 Å². The molecular formula is C15H24N2O. The molecule has 3 heteroatoms. The number of likely N-dealkylation sites (tertiary alicyclic amines) is 1. The molecule has 18 heavy (non-hydrogen) atoms. The Morgan fingerprint density at radius 3 is 2.33 bits per heavy atom. The Balaban J connectivity index is 2.01. The molecule has 0 saturated carbocycles. The minimum Gasteiger partial charge on any atom is -0.497 e. The van der Waals surface area contributed by atoms with Gasteiger partial charge in [0.2, 0.25) is 0 Å². The van der Waals surface area contributed by atoms with Gasteiger partial charge in [-0.1, -0.05) is 18.6 Å². The highest BCUT2D eigenvalue weighted by Crippen LogP contribution is 2.21. The zero-order chi connectivity index (χ0) is 13.0. The van der Waals surface area contributed by atoms with Crippen LogP contribution in [-0.4, -0.2) is 30.8 Å². The molecule has 2 rings (SSSR count). The van der Waals surface area contributed by atoms with Crippen molar-refractivity contribution in [2.24, 2.45) is 5.73 Å². The summed E-state index contributed by atoms with van der Waals surface area (Å²) in [5.41, 5.74) is 7.52. The number of hydrogen-bond donors (Lipinski definition) is 1. The van der Waals surface area contributed by atoms with Crippen molar-refractivity contribution in [1.82, 2.24) is 4.90 Å². The van der Waals surface area contributed by atoms with Gasteiger partial charge in [0.1, 0.15) is 5.75 Å². The lowest BCUT2D eigenvalue weighted by Crippen LogP contribution is -2.56. The smallest absolute Gasteiger partial charge is 0.118 e.